The lowest BCUT2D eigenvalue weighted by molar-refractivity contribution is -0.138. The molecule has 10 heteroatoms. The molecule has 1 amide bonds. The number of carbonyl (C=O) groups excluding carboxylic acids is 1. The van der Waals surface area contributed by atoms with Gasteiger partial charge in [0.05, 0.1) is 17.5 Å². The van der Waals surface area contributed by atoms with E-state index in [9.17, 15) is 22.4 Å². The van der Waals surface area contributed by atoms with E-state index in [0.717, 1.165) is 24.8 Å². The Morgan fingerprint density at radius 1 is 1.10 bits per heavy atom. The van der Waals surface area contributed by atoms with Crippen molar-refractivity contribution < 1.29 is 22.4 Å². The molecule has 0 spiro atoms. The largest absolute Gasteiger partial charge is 0.416 e. The van der Waals surface area contributed by atoms with Gasteiger partial charge in [0, 0.05) is 30.4 Å². The SMILES string of the molecule is Cn1cnnc1C1(c2cccc(N3Cc4c(cc(CNC5(C)CCC5)cc4C(F)(F)F)C3=O)c2)CC(C)(F)C1. The van der Waals surface area contributed by atoms with Crippen molar-refractivity contribution in [1.29, 1.82) is 0 Å². The van der Waals surface area contributed by atoms with E-state index >= 15 is 0 Å². The Balaban J connectivity index is 1.35. The van der Waals surface area contributed by atoms with Crippen molar-refractivity contribution >= 4 is 11.6 Å². The van der Waals surface area contributed by atoms with E-state index in [-0.39, 0.29) is 42.6 Å². The second-order valence-electron chi connectivity index (χ2n) is 12.0. The summed E-state index contributed by atoms with van der Waals surface area (Å²) in [4.78, 5) is 15.0. The predicted molar refractivity (Wildman–Crippen MR) is 138 cm³/mol. The van der Waals surface area contributed by atoms with Crippen LogP contribution in [0.2, 0.25) is 0 Å². The molecule has 39 heavy (non-hydrogen) atoms. The standard InChI is InChI=1S/C29H31F4N5O/c1-26(30)15-28(16-26,25-36-35-17-37(25)3)19-6-4-7-20(12-19)38-14-22-21(24(38)39)10-18(11-23(22)29(31,32)33)13-34-27(2)8-5-9-27/h4,6-7,10-12,17,34H,5,8-9,13-16H2,1-3H3. The molecule has 0 atom stereocenters. The minimum absolute atomic E-state index is 0.0144. The van der Waals surface area contributed by atoms with Gasteiger partial charge in [-0.15, -0.1) is 10.2 Å². The van der Waals surface area contributed by atoms with Gasteiger partial charge in [0.2, 0.25) is 0 Å². The summed E-state index contributed by atoms with van der Waals surface area (Å²) in [6, 6.07) is 9.85. The van der Waals surface area contributed by atoms with E-state index in [4.69, 9.17) is 0 Å². The molecule has 1 aliphatic heterocycles. The zero-order valence-electron chi connectivity index (χ0n) is 22.2. The molecule has 1 aromatic heterocycles. The number of hydrogen-bond acceptors (Lipinski definition) is 4. The minimum atomic E-state index is -4.59. The van der Waals surface area contributed by atoms with Gasteiger partial charge in [-0.2, -0.15) is 13.2 Å². The monoisotopic (exact) mass is 541 g/mol. The molecule has 0 bridgehead atoms. The van der Waals surface area contributed by atoms with Crippen molar-refractivity contribution in [2.75, 3.05) is 4.90 Å². The van der Waals surface area contributed by atoms with Crippen LogP contribution in [-0.2, 0) is 31.7 Å². The Kier molecular flexibility index (Phi) is 5.74. The van der Waals surface area contributed by atoms with Gasteiger partial charge >= 0.3 is 6.18 Å². The molecular weight excluding hydrogens is 510 g/mol. The van der Waals surface area contributed by atoms with Crippen molar-refractivity contribution in [3.05, 3.63) is 76.4 Å². The second kappa shape index (κ2) is 8.61. The van der Waals surface area contributed by atoms with E-state index < -0.39 is 28.7 Å². The molecule has 6 rings (SSSR count). The van der Waals surface area contributed by atoms with Crippen LogP contribution in [0, 0.1) is 0 Å². The average molecular weight is 542 g/mol. The highest BCUT2D eigenvalue weighted by atomic mass is 19.4. The molecule has 0 radical (unpaired) electrons. The number of carbonyl (C=O) groups is 1. The van der Waals surface area contributed by atoms with Gasteiger partial charge in [0.25, 0.3) is 5.91 Å². The molecule has 1 N–H and O–H groups in total. The average Bonchev–Trinajstić information content (AvgIpc) is 3.42. The van der Waals surface area contributed by atoms with Crippen LogP contribution in [0.4, 0.5) is 23.2 Å². The number of fused-ring (bicyclic) bond motifs is 1. The number of nitrogens with one attached hydrogen (secondary N) is 1. The van der Waals surface area contributed by atoms with Gasteiger partial charge in [-0.05, 0) is 86.9 Å². The fourth-order valence-corrected chi connectivity index (χ4v) is 6.62. The van der Waals surface area contributed by atoms with Crippen LogP contribution >= 0.6 is 0 Å². The fourth-order valence-electron chi connectivity index (χ4n) is 6.62. The Hall–Kier alpha value is -3.27. The number of anilines is 1. The molecule has 206 valence electrons. The first-order chi connectivity index (χ1) is 18.3. The van der Waals surface area contributed by atoms with Crippen LogP contribution < -0.4 is 10.2 Å². The van der Waals surface area contributed by atoms with Crippen LogP contribution in [-0.4, -0.2) is 31.9 Å². The smallest absolute Gasteiger partial charge is 0.320 e. The molecule has 2 aliphatic carbocycles. The first kappa shape index (κ1) is 26.0. The number of rotatable bonds is 6. The third-order valence-electron chi connectivity index (χ3n) is 8.77. The zero-order valence-corrected chi connectivity index (χ0v) is 22.2. The molecular formula is C29H31F4N5O. The summed E-state index contributed by atoms with van der Waals surface area (Å²) < 4.78 is 59.1. The van der Waals surface area contributed by atoms with Gasteiger partial charge < -0.3 is 14.8 Å². The Labute approximate surface area is 224 Å². The van der Waals surface area contributed by atoms with Gasteiger partial charge in [0.15, 0.2) is 0 Å². The van der Waals surface area contributed by atoms with Gasteiger partial charge in [-0.25, -0.2) is 4.39 Å². The normalized spacial score (nSPS) is 25.8. The van der Waals surface area contributed by atoms with Crippen molar-refractivity contribution in [2.24, 2.45) is 7.05 Å². The summed E-state index contributed by atoms with van der Waals surface area (Å²) in [5.74, 6) is 0.142. The third-order valence-corrected chi connectivity index (χ3v) is 8.77. The number of halogens is 4. The van der Waals surface area contributed by atoms with Crippen molar-refractivity contribution in [3.63, 3.8) is 0 Å². The van der Waals surface area contributed by atoms with Gasteiger partial charge in [0.1, 0.15) is 17.8 Å². The highest BCUT2D eigenvalue weighted by molar-refractivity contribution is 6.10. The summed E-state index contributed by atoms with van der Waals surface area (Å²) in [6.45, 7) is 3.69. The fraction of sp³-hybridized carbons (Fsp3) is 0.483. The van der Waals surface area contributed by atoms with Crippen molar-refractivity contribution in [1.82, 2.24) is 20.1 Å². The number of alkyl halides is 4. The number of nitrogens with zero attached hydrogens (tertiary/aromatic N) is 4. The summed E-state index contributed by atoms with van der Waals surface area (Å²) in [6.07, 6.45) is 0.401. The molecule has 2 heterocycles. The maximum atomic E-state index is 14.9. The number of amides is 1. The van der Waals surface area contributed by atoms with Crippen LogP contribution in [0.5, 0.6) is 0 Å². The van der Waals surface area contributed by atoms with E-state index in [2.05, 4.69) is 22.4 Å². The molecule has 2 fully saturated rings. The number of hydrogen-bond donors (Lipinski definition) is 1. The van der Waals surface area contributed by atoms with Gasteiger partial charge in [-0.3, -0.25) is 4.79 Å². The maximum absolute atomic E-state index is 14.9. The molecule has 2 saturated carbocycles. The lowest BCUT2D eigenvalue weighted by Gasteiger charge is -2.49. The van der Waals surface area contributed by atoms with E-state index in [1.807, 2.05) is 6.07 Å². The zero-order chi connectivity index (χ0) is 27.8. The van der Waals surface area contributed by atoms with Crippen molar-refractivity contribution in [3.8, 4) is 0 Å². The summed E-state index contributed by atoms with van der Waals surface area (Å²) in [7, 11) is 1.80. The highest BCUT2D eigenvalue weighted by Gasteiger charge is 2.57. The lowest BCUT2D eigenvalue weighted by atomic mass is 9.57. The quantitative estimate of drug-likeness (QED) is 0.399. The highest BCUT2D eigenvalue weighted by Crippen LogP contribution is 2.56. The molecule has 2 aromatic carbocycles. The minimum Gasteiger partial charge on any atom is -0.320 e. The topological polar surface area (TPSA) is 63.1 Å². The van der Waals surface area contributed by atoms with E-state index in [1.54, 1.807) is 49.1 Å². The first-order valence-electron chi connectivity index (χ1n) is 13.2. The number of aryl methyl sites for hydroxylation is 1. The van der Waals surface area contributed by atoms with Gasteiger partial charge in [-0.1, -0.05) is 12.1 Å². The van der Waals surface area contributed by atoms with Crippen molar-refractivity contribution in [2.45, 2.75) is 81.8 Å². The summed E-state index contributed by atoms with van der Waals surface area (Å²) in [5.41, 5.74) is -1.25. The summed E-state index contributed by atoms with van der Waals surface area (Å²) >= 11 is 0. The van der Waals surface area contributed by atoms with E-state index in [0.29, 0.717) is 17.1 Å². The predicted octanol–water partition coefficient (Wildman–Crippen LogP) is 5.83. The van der Waals surface area contributed by atoms with Crippen LogP contribution in [0.1, 0.15) is 84.4 Å². The Bertz CT molecular complexity index is 1450. The Morgan fingerprint density at radius 3 is 2.44 bits per heavy atom. The van der Waals surface area contributed by atoms with Crippen LogP contribution in [0.25, 0.3) is 0 Å². The summed E-state index contributed by atoms with van der Waals surface area (Å²) in [5, 5.41) is 11.6. The number of benzene rings is 2. The molecule has 0 saturated heterocycles. The second-order valence-corrected chi connectivity index (χ2v) is 12.0. The number of aromatic nitrogens is 3. The molecule has 3 aliphatic rings. The molecule has 3 aromatic rings. The lowest BCUT2D eigenvalue weighted by Crippen LogP contribution is -2.52. The van der Waals surface area contributed by atoms with Crippen LogP contribution in [0.3, 0.4) is 0 Å². The molecule has 6 nitrogen and oxygen atoms in total. The first-order valence-corrected chi connectivity index (χ1v) is 13.2. The van der Waals surface area contributed by atoms with E-state index in [1.165, 1.54) is 11.0 Å². The van der Waals surface area contributed by atoms with Crippen LogP contribution in [0.15, 0.2) is 42.7 Å². The Morgan fingerprint density at radius 2 is 1.85 bits per heavy atom. The molecule has 0 unspecified atom stereocenters. The maximum Gasteiger partial charge on any atom is 0.416 e. The third kappa shape index (κ3) is 4.33.